The van der Waals surface area contributed by atoms with Crippen molar-refractivity contribution in [3.8, 4) is 0 Å². The molecule has 5 heteroatoms. The normalized spacial score (nSPS) is 10.9. The highest BCUT2D eigenvalue weighted by Gasteiger charge is 2.05. The van der Waals surface area contributed by atoms with Crippen molar-refractivity contribution in [2.45, 2.75) is 32.7 Å². The number of rotatable bonds is 5. The van der Waals surface area contributed by atoms with Gasteiger partial charge >= 0.3 is 0 Å². The van der Waals surface area contributed by atoms with Crippen LogP contribution in [0.2, 0.25) is 0 Å². The number of nitrogens with zero attached hydrogens (tertiary/aromatic N) is 2. The summed E-state index contributed by atoms with van der Waals surface area (Å²) in [5, 5.41) is 1.87. The van der Waals surface area contributed by atoms with Crippen LogP contribution in [-0.4, -0.2) is 15.3 Å². The Hall–Kier alpha value is -1.49. The molecule has 0 fully saturated rings. The Morgan fingerprint density at radius 2 is 2.35 bits per heavy atom. The second-order valence-electron chi connectivity index (χ2n) is 3.87. The molecule has 2 heterocycles. The standard InChI is InChI=1S/C12H14N2O2S/c1-2-9(15)4-3-6-14-8-13-10-5-7-17-11(10)12(14)16/h5,7-8H,2-4,6H2,1H3. The SMILES string of the molecule is CCC(=O)CCCn1cnc2ccsc2c1=O. The highest BCUT2D eigenvalue weighted by atomic mass is 32.1. The number of ketones is 1. The van der Waals surface area contributed by atoms with Crippen LogP contribution in [0.5, 0.6) is 0 Å². The first kappa shape index (κ1) is 12.0. The first-order valence-corrected chi connectivity index (χ1v) is 6.54. The first-order valence-electron chi connectivity index (χ1n) is 5.66. The lowest BCUT2D eigenvalue weighted by molar-refractivity contribution is -0.118. The zero-order valence-electron chi connectivity index (χ0n) is 9.68. The van der Waals surface area contributed by atoms with E-state index in [1.807, 2.05) is 18.4 Å². The minimum atomic E-state index is -0.00560. The molecule has 0 saturated carbocycles. The maximum absolute atomic E-state index is 12.0. The zero-order valence-corrected chi connectivity index (χ0v) is 10.5. The van der Waals surface area contributed by atoms with Gasteiger partial charge in [-0.05, 0) is 17.9 Å². The summed E-state index contributed by atoms with van der Waals surface area (Å²) in [7, 11) is 0. The van der Waals surface area contributed by atoms with Crippen LogP contribution in [0.3, 0.4) is 0 Å². The van der Waals surface area contributed by atoms with Gasteiger partial charge in [0.2, 0.25) is 0 Å². The van der Waals surface area contributed by atoms with Gasteiger partial charge in [0.1, 0.15) is 10.5 Å². The number of Topliss-reactive ketones (excluding diaryl/α,β-unsaturated/α-hetero) is 1. The third-order valence-corrected chi connectivity index (χ3v) is 3.58. The van der Waals surface area contributed by atoms with Gasteiger partial charge < -0.3 is 0 Å². The van der Waals surface area contributed by atoms with Crippen LogP contribution in [0.4, 0.5) is 0 Å². The van der Waals surface area contributed by atoms with E-state index in [-0.39, 0.29) is 11.3 Å². The van der Waals surface area contributed by atoms with Gasteiger partial charge in [-0.2, -0.15) is 0 Å². The van der Waals surface area contributed by atoms with Crippen molar-refractivity contribution in [3.63, 3.8) is 0 Å². The topological polar surface area (TPSA) is 52.0 Å². The smallest absolute Gasteiger partial charge is 0.271 e. The fraction of sp³-hybridized carbons (Fsp3) is 0.417. The highest BCUT2D eigenvalue weighted by molar-refractivity contribution is 7.17. The number of hydrogen-bond donors (Lipinski definition) is 0. The monoisotopic (exact) mass is 250 g/mol. The molecule has 0 unspecified atom stereocenters. The molecule has 90 valence electrons. The van der Waals surface area contributed by atoms with Gasteiger partial charge in [0.25, 0.3) is 5.56 Å². The fourth-order valence-electron chi connectivity index (χ4n) is 1.66. The number of carbonyl (C=O) groups is 1. The predicted molar refractivity (Wildman–Crippen MR) is 68.4 cm³/mol. The van der Waals surface area contributed by atoms with Crippen molar-refractivity contribution in [3.05, 3.63) is 28.1 Å². The molecule has 2 aromatic heterocycles. The number of aromatic nitrogens is 2. The van der Waals surface area contributed by atoms with Crippen molar-refractivity contribution in [1.29, 1.82) is 0 Å². The summed E-state index contributed by atoms with van der Waals surface area (Å²) in [6.07, 6.45) is 3.36. The summed E-state index contributed by atoms with van der Waals surface area (Å²) in [6, 6.07) is 1.84. The van der Waals surface area contributed by atoms with Gasteiger partial charge in [-0.25, -0.2) is 4.98 Å². The van der Waals surface area contributed by atoms with Crippen LogP contribution in [0.1, 0.15) is 26.2 Å². The molecular weight excluding hydrogens is 236 g/mol. The predicted octanol–water partition coefficient (Wildman–Crippen LogP) is 2.22. The van der Waals surface area contributed by atoms with E-state index in [0.717, 1.165) is 5.52 Å². The Bertz CT molecular complexity index is 585. The average Bonchev–Trinajstić information content (AvgIpc) is 2.81. The second kappa shape index (κ2) is 5.23. The molecule has 0 aliphatic carbocycles. The molecule has 0 N–H and O–H groups in total. The van der Waals surface area contributed by atoms with E-state index >= 15 is 0 Å². The molecule has 0 radical (unpaired) electrons. The Kier molecular flexibility index (Phi) is 3.68. The van der Waals surface area contributed by atoms with Gasteiger partial charge in [0.15, 0.2) is 0 Å². The summed E-state index contributed by atoms with van der Waals surface area (Å²) >= 11 is 1.41. The highest BCUT2D eigenvalue weighted by Crippen LogP contribution is 2.13. The third kappa shape index (κ3) is 2.61. The number of thiophene rings is 1. The molecule has 4 nitrogen and oxygen atoms in total. The van der Waals surface area contributed by atoms with E-state index in [1.54, 1.807) is 10.9 Å². The van der Waals surface area contributed by atoms with Gasteiger partial charge in [-0.15, -0.1) is 11.3 Å². The molecule has 0 atom stereocenters. The summed E-state index contributed by atoms with van der Waals surface area (Å²) in [6.45, 7) is 2.42. The van der Waals surface area contributed by atoms with E-state index in [2.05, 4.69) is 4.98 Å². The molecule has 0 aliphatic heterocycles. The lowest BCUT2D eigenvalue weighted by atomic mass is 10.2. The molecule has 0 bridgehead atoms. The van der Waals surface area contributed by atoms with Crippen molar-refractivity contribution in [2.24, 2.45) is 0 Å². The van der Waals surface area contributed by atoms with Crippen molar-refractivity contribution >= 4 is 27.3 Å². The van der Waals surface area contributed by atoms with Crippen LogP contribution in [0.25, 0.3) is 10.2 Å². The van der Waals surface area contributed by atoms with Crippen molar-refractivity contribution in [1.82, 2.24) is 9.55 Å². The maximum atomic E-state index is 12.0. The minimum Gasteiger partial charge on any atom is -0.300 e. The number of hydrogen-bond acceptors (Lipinski definition) is 4. The van der Waals surface area contributed by atoms with Crippen LogP contribution in [-0.2, 0) is 11.3 Å². The summed E-state index contributed by atoms with van der Waals surface area (Å²) in [5.74, 6) is 0.239. The maximum Gasteiger partial charge on any atom is 0.271 e. The van der Waals surface area contributed by atoms with Crippen LogP contribution in [0, 0.1) is 0 Å². The molecule has 0 saturated heterocycles. The van der Waals surface area contributed by atoms with Crippen LogP contribution < -0.4 is 5.56 Å². The number of fused-ring (bicyclic) bond motifs is 1. The molecule has 17 heavy (non-hydrogen) atoms. The Morgan fingerprint density at radius 1 is 1.53 bits per heavy atom. The van der Waals surface area contributed by atoms with Gasteiger partial charge in [-0.1, -0.05) is 6.92 Å². The van der Waals surface area contributed by atoms with Gasteiger partial charge in [-0.3, -0.25) is 14.2 Å². The van der Waals surface area contributed by atoms with Crippen molar-refractivity contribution in [2.75, 3.05) is 0 Å². The van der Waals surface area contributed by atoms with Crippen LogP contribution in [0.15, 0.2) is 22.6 Å². The lowest BCUT2D eigenvalue weighted by Gasteiger charge is -2.03. The Morgan fingerprint density at radius 3 is 3.12 bits per heavy atom. The molecule has 0 spiro atoms. The number of aryl methyl sites for hydroxylation is 1. The molecule has 2 rings (SSSR count). The zero-order chi connectivity index (χ0) is 12.3. The quantitative estimate of drug-likeness (QED) is 0.817. The summed E-state index contributed by atoms with van der Waals surface area (Å²) in [4.78, 5) is 27.3. The summed E-state index contributed by atoms with van der Waals surface area (Å²) in [5.41, 5.74) is 0.745. The average molecular weight is 250 g/mol. The van der Waals surface area contributed by atoms with E-state index in [9.17, 15) is 9.59 Å². The van der Waals surface area contributed by atoms with E-state index < -0.39 is 0 Å². The minimum absolute atomic E-state index is 0.00560. The Labute approximate surface area is 103 Å². The largest absolute Gasteiger partial charge is 0.300 e. The molecular formula is C12H14N2O2S. The van der Waals surface area contributed by atoms with Gasteiger partial charge in [0.05, 0.1) is 11.8 Å². The fourth-order valence-corrected chi connectivity index (χ4v) is 2.45. The number of carbonyl (C=O) groups excluding carboxylic acids is 1. The first-order chi connectivity index (χ1) is 8.22. The van der Waals surface area contributed by atoms with E-state index in [4.69, 9.17) is 0 Å². The van der Waals surface area contributed by atoms with E-state index in [0.29, 0.717) is 30.5 Å². The molecule has 0 aliphatic rings. The van der Waals surface area contributed by atoms with Crippen molar-refractivity contribution < 1.29 is 4.79 Å². The third-order valence-electron chi connectivity index (χ3n) is 2.68. The molecule has 0 amide bonds. The molecule has 2 aromatic rings. The Balaban J connectivity index is 2.11. The molecule has 0 aromatic carbocycles. The second-order valence-corrected chi connectivity index (χ2v) is 4.79. The van der Waals surface area contributed by atoms with E-state index in [1.165, 1.54) is 11.3 Å². The summed E-state index contributed by atoms with van der Waals surface area (Å²) < 4.78 is 2.27. The van der Waals surface area contributed by atoms with Gasteiger partial charge in [0, 0.05) is 19.4 Å². The lowest BCUT2D eigenvalue weighted by Crippen LogP contribution is -2.20. The van der Waals surface area contributed by atoms with Crippen LogP contribution >= 0.6 is 11.3 Å².